The Bertz CT molecular complexity index is 133. The summed E-state index contributed by atoms with van der Waals surface area (Å²) in [5.41, 5.74) is 0. The predicted octanol–water partition coefficient (Wildman–Crippen LogP) is 0.708. The predicted molar refractivity (Wildman–Crippen MR) is 57.5 cm³/mol. The van der Waals surface area contributed by atoms with Crippen LogP contribution in [0.5, 0.6) is 0 Å². The zero-order chi connectivity index (χ0) is 9.64. The lowest BCUT2D eigenvalue weighted by Gasteiger charge is -2.29. The van der Waals surface area contributed by atoms with E-state index in [1.807, 2.05) is 0 Å². The molecule has 3 nitrogen and oxygen atoms in total. The van der Waals surface area contributed by atoms with Crippen molar-refractivity contribution in [1.82, 2.24) is 10.2 Å². The van der Waals surface area contributed by atoms with Crippen LogP contribution in [0.4, 0.5) is 0 Å². The molecule has 2 saturated heterocycles. The van der Waals surface area contributed by atoms with Crippen LogP contribution >= 0.6 is 0 Å². The third-order valence-corrected chi connectivity index (χ3v) is 3.36. The molecule has 0 aromatic rings. The summed E-state index contributed by atoms with van der Waals surface area (Å²) >= 11 is 0. The van der Waals surface area contributed by atoms with Crippen molar-refractivity contribution in [1.29, 1.82) is 0 Å². The van der Waals surface area contributed by atoms with E-state index in [0.29, 0.717) is 0 Å². The first-order chi connectivity index (χ1) is 6.95. The fourth-order valence-corrected chi connectivity index (χ4v) is 2.36. The maximum atomic E-state index is 5.34. The minimum Gasteiger partial charge on any atom is -0.379 e. The van der Waals surface area contributed by atoms with Gasteiger partial charge in [-0.3, -0.25) is 4.90 Å². The van der Waals surface area contributed by atoms with Gasteiger partial charge in [-0.1, -0.05) is 0 Å². The first-order valence-corrected chi connectivity index (χ1v) is 5.96. The highest BCUT2D eigenvalue weighted by molar-refractivity contribution is 4.71. The summed E-state index contributed by atoms with van der Waals surface area (Å²) in [5, 5.41) is 3.48. The molecule has 0 amide bonds. The maximum Gasteiger partial charge on any atom is 0.0594 e. The van der Waals surface area contributed by atoms with Crippen LogP contribution < -0.4 is 5.32 Å². The SMILES string of the molecule is C1CNCC(CCN2CCOCC2)C1. The highest BCUT2D eigenvalue weighted by Gasteiger charge is 2.15. The molecule has 82 valence electrons. The van der Waals surface area contributed by atoms with E-state index in [1.54, 1.807) is 0 Å². The molecule has 1 N–H and O–H groups in total. The van der Waals surface area contributed by atoms with Gasteiger partial charge in [0.05, 0.1) is 13.2 Å². The van der Waals surface area contributed by atoms with E-state index < -0.39 is 0 Å². The minimum absolute atomic E-state index is 0.923. The number of rotatable bonds is 3. The van der Waals surface area contributed by atoms with E-state index in [1.165, 1.54) is 38.9 Å². The summed E-state index contributed by atoms with van der Waals surface area (Å²) in [5.74, 6) is 0.923. The molecular formula is C11H22N2O. The van der Waals surface area contributed by atoms with Crippen molar-refractivity contribution in [3.8, 4) is 0 Å². The second kappa shape index (κ2) is 5.69. The van der Waals surface area contributed by atoms with Gasteiger partial charge in [-0.05, 0) is 44.8 Å². The molecule has 2 rings (SSSR count). The number of hydrogen-bond donors (Lipinski definition) is 1. The quantitative estimate of drug-likeness (QED) is 0.723. The van der Waals surface area contributed by atoms with Gasteiger partial charge in [-0.25, -0.2) is 0 Å². The highest BCUT2D eigenvalue weighted by Crippen LogP contribution is 2.14. The van der Waals surface area contributed by atoms with Gasteiger partial charge in [0.25, 0.3) is 0 Å². The maximum absolute atomic E-state index is 5.34. The molecule has 14 heavy (non-hydrogen) atoms. The lowest BCUT2D eigenvalue weighted by molar-refractivity contribution is 0.0349. The van der Waals surface area contributed by atoms with Crippen molar-refractivity contribution in [2.45, 2.75) is 19.3 Å². The molecule has 0 saturated carbocycles. The summed E-state index contributed by atoms with van der Waals surface area (Å²) in [6.07, 6.45) is 4.16. The molecule has 2 heterocycles. The Hall–Kier alpha value is -0.120. The smallest absolute Gasteiger partial charge is 0.0594 e. The van der Waals surface area contributed by atoms with Gasteiger partial charge in [0.15, 0.2) is 0 Å². The average molecular weight is 198 g/mol. The molecule has 1 unspecified atom stereocenters. The summed E-state index contributed by atoms with van der Waals surface area (Å²) in [6.45, 7) is 7.89. The number of hydrogen-bond acceptors (Lipinski definition) is 3. The van der Waals surface area contributed by atoms with Gasteiger partial charge in [-0.15, -0.1) is 0 Å². The molecule has 0 bridgehead atoms. The number of nitrogens with zero attached hydrogens (tertiary/aromatic N) is 1. The Morgan fingerprint density at radius 3 is 2.86 bits per heavy atom. The number of ether oxygens (including phenoxy) is 1. The van der Waals surface area contributed by atoms with Gasteiger partial charge < -0.3 is 10.1 Å². The Morgan fingerprint density at radius 2 is 2.14 bits per heavy atom. The van der Waals surface area contributed by atoms with Gasteiger partial charge in [0.2, 0.25) is 0 Å². The first kappa shape index (κ1) is 10.4. The van der Waals surface area contributed by atoms with Crippen LogP contribution in [0.3, 0.4) is 0 Å². The van der Waals surface area contributed by atoms with Crippen molar-refractivity contribution in [2.75, 3.05) is 45.9 Å². The van der Waals surface area contributed by atoms with E-state index in [2.05, 4.69) is 10.2 Å². The molecule has 3 heteroatoms. The zero-order valence-electron chi connectivity index (χ0n) is 9.00. The van der Waals surface area contributed by atoms with E-state index in [4.69, 9.17) is 4.74 Å². The molecule has 0 aromatic heterocycles. The third kappa shape index (κ3) is 3.23. The van der Waals surface area contributed by atoms with Crippen molar-refractivity contribution < 1.29 is 4.74 Å². The molecule has 0 aromatic carbocycles. The summed E-state index contributed by atoms with van der Waals surface area (Å²) in [4.78, 5) is 2.54. The van der Waals surface area contributed by atoms with Crippen molar-refractivity contribution in [2.24, 2.45) is 5.92 Å². The monoisotopic (exact) mass is 198 g/mol. The van der Waals surface area contributed by atoms with E-state index in [9.17, 15) is 0 Å². The van der Waals surface area contributed by atoms with Gasteiger partial charge in [0, 0.05) is 13.1 Å². The second-order valence-corrected chi connectivity index (χ2v) is 4.46. The number of nitrogens with one attached hydrogen (secondary N) is 1. The second-order valence-electron chi connectivity index (χ2n) is 4.46. The first-order valence-electron chi connectivity index (χ1n) is 5.96. The normalized spacial score (nSPS) is 30.4. The van der Waals surface area contributed by atoms with Crippen molar-refractivity contribution in [3.63, 3.8) is 0 Å². The zero-order valence-corrected chi connectivity index (χ0v) is 9.00. The minimum atomic E-state index is 0.923. The Morgan fingerprint density at radius 1 is 1.29 bits per heavy atom. The molecular weight excluding hydrogens is 176 g/mol. The van der Waals surface area contributed by atoms with Gasteiger partial charge in [-0.2, -0.15) is 0 Å². The molecule has 2 aliphatic heterocycles. The van der Waals surface area contributed by atoms with Crippen LogP contribution in [-0.2, 0) is 4.74 Å². The summed E-state index contributed by atoms with van der Waals surface area (Å²) < 4.78 is 5.34. The molecule has 2 fully saturated rings. The van der Waals surface area contributed by atoms with Gasteiger partial charge in [0.1, 0.15) is 0 Å². The standard InChI is InChI=1S/C11H22N2O/c1-2-11(10-12-4-1)3-5-13-6-8-14-9-7-13/h11-12H,1-10H2. The fraction of sp³-hybridized carbons (Fsp3) is 1.00. The molecule has 0 aliphatic carbocycles. The third-order valence-electron chi connectivity index (χ3n) is 3.36. The average Bonchev–Trinajstić information content (AvgIpc) is 2.29. The van der Waals surface area contributed by atoms with E-state index in [-0.39, 0.29) is 0 Å². The number of piperidine rings is 1. The van der Waals surface area contributed by atoms with Crippen LogP contribution in [0, 0.1) is 5.92 Å². The number of morpholine rings is 1. The molecule has 0 spiro atoms. The lowest BCUT2D eigenvalue weighted by Crippen LogP contribution is -2.39. The molecule has 1 atom stereocenters. The highest BCUT2D eigenvalue weighted by atomic mass is 16.5. The largest absolute Gasteiger partial charge is 0.379 e. The summed E-state index contributed by atoms with van der Waals surface area (Å²) in [7, 11) is 0. The van der Waals surface area contributed by atoms with Crippen LogP contribution in [0.15, 0.2) is 0 Å². The van der Waals surface area contributed by atoms with Crippen LogP contribution in [-0.4, -0.2) is 50.8 Å². The van der Waals surface area contributed by atoms with Crippen LogP contribution in [0.25, 0.3) is 0 Å². The Labute approximate surface area is 86.8 Å². The van der Waals surface area contributed by atoms with Crippen LogP contribution in [0.1, 0.15) is 19.3 Å². The fourth-order valence-electron chi connectivity index (χ4n) is 2.36. The molecule has 2 aliphatic rings. The topological polar surface area (TPSA) is 24.5 Å². The van der Waals surface area contributed by atoms with Crippen molar-refractivity contribution >= 4 is 0 Å². The Balaban J connectivity index is 1.60. The van der Waals surface area contributed by atoms with Gasteiger partial charge >= 0.3 is 0 Å². The van der Waals surface area contributed by atoms with E-state index >= 15 is 0 Å². The molecule has 0 radical (unpaired) electrons. The lowest BCUT2D eigenvalue weighted by atomic mass is 9.96. The van der Waals surface area contributed by atoms with Crippen molar-refractivity contribution in [3.05, 3.63) is 0 Å². The van der Waals surface area contributed by atoms with E-state index in [0.717, 1.165) is 32.2 Å². The summed E-state index contributed by atoms with van der Waals surface area (Å²) in [6, 6.07) is 0. The van der Waals surface area contributed by atoms with Crippen LogP contribution in [0.2, 0.25) is 0 Å². The Kier molecular flexibility index (Phi) is 4.22.